The van der Waals surface area contributed by atoms with Crippen molar-refractivity contribution < 1.29 is 4.79 Å². The van der Waals surface area contributed by atoms with E-state index < -0.39 is 0 Å². The van der Waals surface area contributed by atoms with Gasteiger partial charge >= 0.3 is 0 Å². The van der Waals surface area contributed by atoms with E-state index in [2.05, 4.69) is 22.5 Å². The molecule has 19 heavy (non-hydrogen) atoms. The quantitative estimate of drug-likeness (QED) is 0.892. The Morgan fingerprint density at radius 2 is 2.26 bits per heavy atom. The van der Waals surface area contributed by atoms with Crippen molar-refractivity contribution in [3.8, 4) is 0 Å². The fraction of sp³-hybridized carbons (Fsp3) is 0.571. The molecule has 0 aliphatic carbocycles. The lowest BCUT2D eigenvalue weighted by molar-refractivity contribution is -0.127. The number of nitrogens with one attached hydrogen (secondary N) is 2. The van der Waals surface area contributed by atoms with Crippen molar-refractivity contribution in [1.29, 1.82) is 0 Å². The lowest BCUT2D eigenvalue weighted by Gasteiger charge is -2.36. The molecule has 0 spiro atoms. The smallest absolute Gasteiger partial charge is 0.230 e. The standard InChI is InChI=1S/C14H20ClN3O/c1-2-4-14(5-8-16-9-6-14)13(19)18-12-10-17-7-3-11(12)15/h3,7,10,16H,2,4-6,8-9H2,1H3,(H,18,19). The molecule has 1 fully saturated rings. The summed E-state index contributed by atoms with van der Waals surface area (Å²) in [4.78, 5) is 16.6. The predicted molar refractivity (Wildman–Crippen MR) is 77.3 cm³/mol. The van der Waals surface area contributed by atoms with Gasteiger partial charge in [-0.25, -0.2) is 0 Å². The van der Waals surface area contributed by atoms with E-state index in [-0.39, 0.29) is 11.3 Å². The maximum Gasteiger partial charge on any atom is 0.230 e. The number of hydrogen-bond donors (Lipinski definition) is 2. The number of nitrogens with zero attached hydrogens (tertiary/aromatic N) is 1. The van der Waals surface area contributed by atoms with E-state index in [1.54, 1.807) is 18.5 Å². The van der Waals surface area contributed by atoms with E-state index >= 15 is 0 Å². The van der Waals surface area contributed by atoms with Gasteiger partial charge in [-0.05, 0) is 38.4 Å². The normalized spacial score (nSPS) is 18.0. The fourth-order valence-electron chi connectivity index (χ4n) is 2.70. The number of aromatic nitrogens is 1. The van der Waals surface area contributed by atoms with Crippen LogP contribution in [0.25, 0.3) is 0 Å². The van der Waals surface area contributed by atoms with Gasteiger partial charge in [0.05, 0.1) is 22.3 Å². The number of pyridine rings is 1. The average molecular weight is 282 g/mol. The molecule has 2 heterocycles. The van der Waals surface area contributed by atoms with Crippen LogP contribution in [0, 0.1) is 5.41 Å². The third kappa shape index (κ3) is 3.25. The van der Waals surface area contributed by atoms with Gasteiger partial charge < -0.3 is 10.6 Å². The molecule has 0 atom stereocenters. The van der Waals surface area contributed by atoms with Crippen molar-refractivity contribution in [2.75, 3.05) is 18.4 Å². The first kappa shape index (κ1) is 14.3. The van der Waals surface area contributed by atoms with E-state index in [9.17, 15) is 4.79 Å². The van der Waals surface area contributed by atoms with Gasteiger partial charge in [-0.3, -0.25) is 9.78 Å². The van der Waals surface area contributed by atoms with Crippen molar-refractivity contribution in [1.82, 2.24) is 10.3 Å². The third-order valence-corrected chi connectivity index (χ3v) is 4.12. The van der Waals surface area contributed by atoms with Gasteiger partial charge in [0.2, 0.25) is 5.91 Å². The van der Waals surface area contributed by atoms with Gasteiger partial charge in [0.15, 0.2) is 0 Å². The summed E-state index contributed by atoms with van der Waals surface area (Å²) in [6.07, 6.45) is 6.90. The highest BCUT2D eigenvalue weighted by molar-refractivity contribution is 6.33. The molecular formula is C14H20ClN3O. The molecule has 0 bridgehead atoms. The molecule has 4 nitrogen and oxygen atoms in total. The Morgan fingerprint density at radius 3 is 2.89 bits per heavy atom. The highest BCUT2D eigenvalue weighted by Crippen LogP contribution is 2.36. The molecule has 0 radical (unpaired) electrons. The van der Waals surface area contributed by atoms with Gasteiger partial charge in [-0.1, -0.05) is 24.9 Å². The summed E-state index contributed by atoms with van der Waals surface area (Å²) >= 11 is 6.06. The minimum Gasteiger partial charge on any atom is -0.323 e. The second kappa shape index (κ2) is 6.35. The highest BCUT2D eigenvalue weighted by Gasteiger charge is 2.38. The number of carbonyl (C=O) groups is 1. The summed E-state index contributed by atoms with van der Waals surface area (Å²) in [6, 6.07) is 1.69. The van der Waals surface area contributed by atoms with Crippen LogP contribution in [-0.2, 0) is 4.79 Å². The van der Waals surface area contributed by atoms with E-state index in [0.29, 0.717) is 10.7 Å². The molecule has 2 N–H and O–H groups in total. The average Bonchev–Trinajstić information content (AvgIpc) is 2.42. The number of anilines is 1. The summed E-state index contributed by atoms with van der Waals surface area (Å²) in [5.41, 5.74) is 0.335. The van der Waals surface area contributed by atoms with Gasteiger partial charge in [0, 0.05) is 6.20 Å². The fourth-order valence-corrected chi connectivity index (χ4v) is 2.85. The minimum atomic E-state index is -0.265. The maximum atomic E-state index is 12.6. The van der Waals surface area contributed by atoms with Gasteiger partial charge in [0.25, 0.3) is 0 Å². The van der Waals surface area contributed by atoms with Crippen LogP contribution in [0.3, 0.4) is 0 Å². The lowest BCUT2D eigenvalue weighted by Crippen LogP contribution is -2.44. The van der Waals surface area contributed by atoms with E-state index in [1.165, 1.54) is 0 Å². The molecular weight excluding hydrogens is 262 g/mol. The van der Waals surface area contributed by atoms with Gasteiger partial charge in [0.1, 0.15) is 0 Å². The summed E-state index contributed by atoms with van der Waals surface area (Å²) in [6.45, 7) is 3.91. The number of halogens is 1. The zero-order valence-corrected chi connectivity index (χ0v) is 12.0. The summed E-state index contributed by atoms with van der Waals surface area (Å²) in [7, 11) is 0. The summed E-state index contributed by atoms with van der Waals surface area (Å²) in [5, 5.41) is 6.79. The van der Waals surface area contributed by atoms with Crippen molar-refractivity contribution in [3.05, 3.63) is 23.5 Å². The Labute approximate surface area is 118 Å². The molecule has 1 aromatic heterocycles. The predicted octanol–water partition coefficient (Wildman–Crippen LogP) is 2.84. The van der Waals surface area contributed by atoms with Crippen LogP contribution >= 0.6 is 11.6 Å². The van der Waals surface area contributed by atoms with E-state index in [0.717, 1.165) is 38.8 Å². The second-order valence-electron chi connectivity index (χ2n) is 5.09. The first-order valence-electron chi connectivity index (χ1n) is 6.80. The van der Waals surface area contributed by atoms with Gasteiger partial charge in [-0.15, -0.1) is 0 Å². The number of hydrogen-bond acceptors (Lipinski definition) is 3. The van der Waals surface area contributed by atoms with Crippen LogP contribution in [0.4, 0.5) is 5.69 Å². The summed E-state index contributed by atoms with van der Waals surface area (Å²) in [5.74, 6) is 0.0748. The molecule has 1 saturated heterocycles. The molecule has 1 aliphatic heterocycles. The molecule has 1 aliphatic rings. The molecule has 0 aromatic carbocycles. The molecule has 1 aromatic rings. The zero-order chi connectivity index (χ0) is 13.7. The third-order valence-electron chi connectivity index (χ3n) is 3.79. The SMILES string of the molecule is CCCC1(C(=O)Nc2cnccc2Cl)CCNCC1. The maximum absolute atomic E-state index is 12.6. The molecule has 104 valence electrons. The van der Waals surface area contributed by atoms with Crippen LogP contribution in [0.2, 0.25) is 5.02 Å². The van der Waals surface area contributed by atoms with Gasteiger partial charge in [-0.2, -0.15) is 0 Å². The Bertz CT molecular complexity index is 439. The Morgan fingerprint density at radius 1 is 1.53 bits per heavy atom. The minimum absolute atomic E-state index is 0.0748. The molecule has 2 rings (SSSR count). The first-order chi connectivity index (χ1) is 9.18. The number of rotatable bonds is 4. The van der Waals surface area contributed by atoms with Crippen LogP contribution in [0.1, 0.15) is 32.6 Å². The van der Waals surface area contributed by atoms with E-state index in [4.69, 9.17) is 11.6 Å². The Balaban J connectivity index is 2.14. The van der Waals surface area contributed by atoms with Crippen molar-refractivity contribution >= 4 is 23.2 Å². The number of carbonyl (C=O) groups excluding carboxylic acids is 1. The monoisotopic (exact) mass is 281 g/mol. The molecule has 1 amide bonds. The topological polar surface area (TPSA) is 54.0 Å². The molecule has 0 saturated carbocycles. The largest absolute Gasteiger partial charge is 0.323 e. The van der Waals surface area contributed by atoms with Crippen molar-refractivity contribution in [3.63, 3.8) is 0 Å². The zero-order valence-electron chi connectivity index (χ0n) is 11.2. The Hall–Kier alpha value is -1.13. The van der Waals surface area contributed by atoms with Crippen LogP contribution < -0.4 is 10.6 Å². The lowest BCUT2D eigenvalue weighted by atomic mass is 9.74. The highest BCUT2D eigenvalue weighted by atomic mass is 35.5. The number of piperidine rings is 1. The second-order valence-corrected chi connectivity index (χ2v) is 5.50. The molecule has 0 unspecified atom stereocenters. The van der Waals surface area contributed by atoms with E-state index in [1.807, 2.05) is 0 Å². The van der Waals surface area contributed by atoms with Crippen LogP contribution in [-0.4, -0.2) is 24.0 Å². The molecule has 5 heteroatoms. The number of amides is 1. The van der Waals surface area contributed by atoms with Crippen molar-refractivity contribution in [2.45, 2.75) is 32.6 Å². The van der Waals surface area contributed by atoms with Crippen LogP contribution in [0.5, 0.6) is 0 Å². The summed E-state index contributed by atoms with van der Waals surface area (Å²) < 4.78 is 0. The first-order valence-corrected chi connectivity index (χ1v) is 7.17. The Kier molecular flexibility index (Phi) is 4.77. The van der Waals surface area contributed by atoms with Crippen molar-refractivity contribution in [2.24, 2.45) is 5.41 Å². The van der Waals surface area contributed by atoms with Crippen LogP contribution in [0.15, 0.2) is 18.5 Å².